The summed E-state index contributed by atoms with van der Waals surface area (Å²) in [6.07, 6.45) is 3.19. The van der Waals surface area contributed by atoms with E-state index in [2.05, 4.69) is 5.32 Å². The van der Waals surface area contributed by atoms with Crippen LogP contribution in [-0.2, 0) is 4.74 Å². The first kappa shape index (κ1) is 15.0. The van der Waals surface area contributed by atoms with E-state index in [1.807, 2.05) is 19.9 Å². The number of aliphatic hydroxyl groups is 1. The van der Waals surface area contributed by atoms with Crippen LogP contribution in [0.5, 0.6) is 0 Å². The molecule has 1 amide bonds. The van der Waals surface area contributed by atoms with Crippen LogP contribution in [0.1, 0.15) is 34.6 Å². The van der Waals surface area contributed by atoms with Gasteiger partial charge in [-0.25, -0.2) is 4.79 Å². The predicted molar refractivity (Wildman–Crippen MR) is 64.2 cm³/mol. The molecule has 1 atom stereocenters. The number of carbonyl (C=O) groups is 1. The largest absolute Gasteiger partial charge is 0.444 e. The number of amides is 1. The highest BCUT2D eigenvalue weighted by molar-refractivity contribution is 5.68. The lowest BCUT2D eigenvalue weighted by Crippen LogP contribution is -2.40. The number of ether oxygens (including phenoxy) is 1. The van der Waals surface area contributed by atoms with Gasteiger partial charge in [0.25, 0.3) is 0 Å². The van der Waals surface area contributed by atoms with E-state index in [9.17, 15) is 4.79 Å². The van der Waals surface area contributed by atoms with Crippen molar-refractivity contribution < 1.29 is 14.6 Å². The Labute approximate surface area is 97.7 Å². The van der Waals surface area contributed by atoms with Gasteiger partial charge < -0.3 is 15.2 Å². The number of alkyl carbamates (subject to hydrolysis) is 1. The normalized spacial score (nSPS) is 14.2. The summed E-state index contributed by atoms with van der Waals surface area (Å²) in [4.78, 5) is 11.4. The molecule has 1 unspecified atom stereocenters. The van der Waals surface area contributed by atoms with E-state index in [0.29, 0.717) is 5.92 Å². The first-order chi connectivity index (χ1) is 7.24. The van der Waals surface area contributed by atoms with E-state index in [-0.39, 0.29) is 6.61 Å². The molecule has 4 heteroatoms. The Kier molecular flexibility index (Phi) is 6.11. The van der Waals surface area contributed by atoms with Gasteiger partial charge in [0.15, 0.2) is 0 Å². The second kappa shape index (κ2) is 6.53. The lowest BCUT2D eigenvalue weighted by atomic mass is 10.1. The molecule has 0 saturated heterocycles. The molecule has 0 aliphatic rings. The van der Waals surface area contributed by atoms with Gasteiger partial charge >= 0.3 is 6.09 Å². The molecule has 0 aliphatic carbocycles. The minimum atomic E-state index is -0.522. The molecule has 0 heterocycles. The van der Waals surface area contributed by atoms with Gasteiger partial charge in [0.2, 0.25) is 0 Å². The third kappa shape index (κ3) is 8.29. The second-order valence-electron chi connectivity index (χ2n) is 5.06. The molecule has 0 saturated carbocycles. The topological polar surface area (TPSA) is 58.6 Å². The molecule has 4 nitrogen and oxygen atoms in total. The van der Waals surface area contributed by atoms with E-state index in [0.717, 1.165) is 0 Å². The Morgan fingerprint density at radius 1 is 1.38 bits per heavy atom. The van der Waals surface area contributed by atoms with Crippen molar-refractivity contribution in [2.45, 2.75) is 46.3 Å². The Morgan fingerprint density at radius 3 is 2.31 bits per heavy atom. The molecule has 0 rings (SSSR count). The molecule has 0 aromatic rings. The third-order valence-corrected chi connectivity index (χ3v) is 1.63. The number of hydrogen-bond donors (Lipinski definition) is 2. The number of nitrogens with one attached hydrogen (secondary N) is 1. The predicted octanol–water partition coefficient (Wildman–Crippen LogP) is 2.08. The number of aliphatic hydroxyl groups excluding tert-OH is 1. The fourth-order valence-electron chi connectivity index (χ4n) is 0.970. The van der Waals surface area contributed by atoms with Crippen molar-refractivity contribution in [3.05, 3.63) is 12.2 Å². The fraction of sp³-hybridized carbons (Fsp3) is 0.750. The summed E-state index contributed by atoms with van der Waals surface area (Å²) in [6, 6.07) is -0.391. The molecule has 0 bridgehead atoms. The molecular formula is C12H23NO3. The zero-order valence-corrected chi connectivity index (χ0v) is 10.8. The van der Waals surface area contributed by atoms with Crippen molar-refractivity contribution in [3.63, 3.8) is 0 Å². The SMILES string of the molecule is CC(C)/C=C/C(CO)NC(=O)OC(C)(C)C. The lowest BCUT2D eigenvalue weighted by molar-refractivity contribution is 0.0498. The van der Waals surface area contributed by atoms with Crippen molar-refractivity contribution in [2.24, 2.45) is 5.92 Å². The Balaban J connectivity index is 4.18. The molecule has 0 spiro atoms. The first-order valence-electron chi connectivity index (χ1n) is 5.53. The van der Waals surface area contributed by atoms with Crippen molar-refractivity contribution in [3.8, 4) is 0 Å². The molecule has 0 aromatic carbocycles. The molecular weight excluding hydrogens is 206 g/mol. The number of allylic oxidation sites excluding steroid dienone is 1. The van der Waals surface area contributed by atoms with Crippen LogP contribution in [0.2, 0.25) is 0 Å². The average Bonchev–Trinajstić information content (AvgIpc) is 2.08. The zero-order valence-electron chi connectivity index (χ0n) is 10.8. The molecule has 16 heavy (non-hydrogen) atoms. The molecule has 94 valence electrons. The van der Waals surface area contributed by atoms with Crippen LogP contribution in [0.4, 0.5) is 4.79 Å². The smallest absolute Gasteiger partial charge is 0.408 e. The minimum Gasteiger partial charge on any atom is -0.444 e. The quantitative estimate of drug-likeness (QED) is 0.726. The Bertz CT molecular complexity index is 241. The van der Waals surface area contributed by atoms with Gasteiger partial charge in [-0.05, 0) is 26.7 Å². The highest BCUT2D eigenvalue weighted by Gasteiger charge is 2.17. The summed E-state index contributed by atoms with van der Waals surface area (Å²) in [6.45, 7) is 9.30. The molecule has 0 fully saturated rings. The first-order valence-corrected chi connectivity index (χ1v) is 5.53. The van der Waals surface area contributed by atoms with Gasteiger partial charge in [0.1, 0.15) is 5.60 Å². The van der Waals surface area contributed by atoms with Crippen molar-refractivity contribution >= 4 is 6.09 Å². The molecule has 0 aromatic heterocycles. The summed E-state index contributed by atoms with van der Waals surface area (Å²) < 4.78 is 5.08. The maximum atomic E-state index is 11.4. The van der Waals surface area contributed by atoms with Crippen molar-refractivity contribution in [1.29, 1.82) is 0 Å². The van der Waals surface area contributed by atoms with Crippen LogP contribution in [0.25, 0.3) is 0 Å². The molecule has 0 radical (unpaired) electrons. The van der Waals surface area contributed by atoms with Crippen LogP contribution in [-0.4, -0.2) is 29.4 Å². The molecule has 0 aliphatic heterocycles. The monoisotopic (exact) mass is 229 g/mol. The van der Waals surface area contributed by atoms with Gasteiger partial charge in [0.05, 0.1) is 12.6 Å². The van der Waals surface area contributed by atoms with Gasteiger partial charge in [-0.1, -0.05) is 26.0 Å². The number of hydrogen-bond acceptors (Lipinski definition) is 3. The lowest BCUT2D eigenvalue weighted by Gasteiger charge is -2.21. The van der Waals surface area contributed by atoms with Crippen molar-refractivity contribution in [2.75, 3.05) is 6.61 Å². The van der Waals surface area contributed by atoms with Gasteiger partial charge in [-0.3, -0.25) is 0 Å². The maximum Gasteiger partial charge on any atom is 0.408 e. The van der Waals surface area contributed by atoms with Gasteiger partial charge in [0, 0.05) is 0 Å². The van der Waals surface area contributed by atoms with Crippen LogP contribution in [0.3, 0.4) is 0 Å². The van der Waals surface area contributed by atoms with Gasteiger partial charge in [-0.2, -0.15) is 0 Å². The summed E-state index contributed by atoms with van der Waals surface area (Å²) in [5.41, 5.74) is -0.522. The van der Waals surface area contributed by atoms with Crippen molar-refractivity contribution in [1.82, 2.24) is 5.32 Å². The summed E-state index contributed by atoms with van der Waals surface area (Å²) in [5.74, 6) is 0.384. The third-order valence-electron chi connectivity index (χ3n) is 1.63. The standard InChI is InChI=1S/C12H23NO3/c1-9(2)6-7-10(8-14)13-11(15)16-12(3,4)5/h6-7,9-10,14H,8H2,1-5H3,(H,13,15)/b7-6+. The summed E-state index contributed by atoms with van der Waals surface area (Å²) >= 11 is 0. The Morgan fingerprint density at radius 2 is 1.94 bits per heavy atom. The van der Waals surface area contributed by atoms with E-state index in [1.54, 1.807) is 26.8 Å². The summed E-state index contributed by atoms with van der Waals surface area (Å²) in [7, 11) is 0. The second-order valence-corrected chi connectivity index (χ2v) is 5.06. The minimum absolute atomic E-state index is 0.136. The van der Waals surface area contributed by atoms with Crippen LogP contribution in [0.15, 0.2) is 12.2 Å². The van der Waals surface area contributed by atoms with E-state index >= 15 is 0 Å². The van der Waals surface area contributed by atoms with Gasteiger partial charge in [-0.15, -0.1) is 0 Å². The fourth-order valence-corrected chi connectivity index (χ4v) is 0.970. The average molecular weight is 229 g/mol. The highest BCUT2D eigenvalue weighted by atomic mass is 16.6. The van der Waals surface area contributed by atoms with E-state index < -0.39 is 17.7 Å². The van der Waals surface area contributed by atoms with E-state index in [4.69, 9.17) is 9.84 Å². The van der Waals surface area contributed by atoms with Crippen LogP contribution < -0.4 is 5.32 Å². The zero-order chi connectivity index (χ0) is 12.8. The summed E-state index contributed by atoms with van der Waals surface area (Å²) in [5, 5.41) is 11.6. The highest BCUT2D eigenvalue weighted by Crippen LogP contribution is 2.07. The van der Waals surface area contributed by atoms with Crippen LogP contribution in [0, 0.1) is 5.92 Å². The maximum absolute atomic E-state index is 11.4. The number of rotatable bonds is 4. The Hall–Kier alpha value is -1.03. The molecule has 2 N–H and O–H groups in total. The van der Waals surface area contributed by atoms with Crippen LogP contribution >= 0.6 is 0 Å². The number of carbonyl (C=O) groups excluding carboxylic acids is 1. The van der Waals surface area contributed by atoms with E-state index in [1.165, 1.54) is 0 Å².